The lowest BCUT2D eigenvalue weighted by atomic mass is 10.1. The first kappa shape index (κ1) is 16.8. The van der Waals surface area contributed by atoms with Crippen LogP contribution in [0.1, 0.15) is 24.0 Å². The van der Waals surface area contributed by atoms with Crippen LogP contribution in [-0.4, -0.2) is 24.0 Å². The van der Waals surface area contributed by atoms with Crippen molar-refractivity contribution in [2.75, 3.05) is 24.1 Å². The van der Waals surface area contributed by atoms with E-state index in [0.717, 1.165) is 35.6 Å². The molecule has 0 unspecified atom stereocenters. The number of hydrogen-bond donors (Lipinski definition) is 3. The molecule has 0 bridgehead atoms. The Bertz CT molecular complexity index is 625. The molecule has 23 heavy (non-hydrogen) atoms. The minimum Gasteiger partial charge on any atom is -0.399 e. The smallest absolute Gasteiger partial charge is 0.220 e. The number of benzene rings is 1. The van der Waals surface area contributed by atoms with Crippen LogP contribution in [-0.2, 0) is 11.2 Å². The third-order valence-corrected chi connectivity index (χ3v) is 3.57. The van der Waals surface area contributed by atoms with Crippen LogP contribution >= 0.6 is 0 Å². The van der Waals surface area contributed by atoms with E-state index < -0.39 is 0 Å². The largest absolute Gasteiger partial charge is 0.399 e. The van der Waals surface area contributed by atoms with Crippen molar-refractivity contribution in [3.05, 3.63) is 53.7 Å². The van der Waals surface area contributed by atoms with E-state index >= 15 is 0 Å². The summed E-state index contributed by atoms with van der Waals surface area (Å²) in [7, 11) is 0. The molecule has 0 saturated heterocycles. The minimum atomic E-state index is 0.0571. The van der Waals surface area contributed by atoms with Crippen LogP contribution in [0.2, 0.25) is 0 Å². The highest BCUT2D eigenvalue weighted by molar-refractivity contribution is 5.76. The van der Waals surface area contributed by atoms with E-state index in [1.807, 2.05) is 49.5 Å². The summed E-state index contributed by atoms with van der Waals surface area (Å²) in [5.41, 5.74) is 8.77. The Hall–Kier alpha value is -2.56. The molecule has 1 aromatic carbocycles. The molecule has 0 aliphatic carbocycles. The number of nitrogens with zero attached hydrogens (tertiary/aromatic N) is 1. The zero-order chi connectivity index (χ0) is 16.5. The van der Waals surface area contributed by atoms with E-state index in [4.69, 9.17) is 5.73 Å². The fraction of sp³-hybridized carbons (Fsp3) is 0.333. The molecule has 0 saturated carbocycles. The minimum absolute atomic E-state index is 0.0571. The monoisotopic (exact) mass is 312 g/mol. The van der Waals surface area contributed by atoms with Gasteiger partial charge in [0.05, 0.1) is 0 Å². The van der Waals surface area contributed by atoms with Crippen molar-refractivity contribution < 1.29 is 4.79 Å². The number of nitrogens with two attached hydrogens (primary N) is 1. The number of para-hydroxylation sites is 1. The van der Waals surface area contributed by atoms with Crippen molar-refractivity contribution in [2.24, 2.45) is 0 Å². The number of carbonyl (C=O) groups is 1. The summed E-state index contributed by atoms with van der Waals surface area (Å²) < 4.78 is 0. The highest BCUT2D eigenvalue weighted by Crippen LogP contribution is 2.12. The molecule has 1 amide bonds. The molecule has 1 aromatic heterocycles. The van der Waals surface area contributed by atoms with Crippen molar-refractivity contribution in [2.45, 2.75) is 26.2 Å². The Kier molecular flexibility index (Phi) is 6.41. The Morgan fingerprint density at radius 3 is 2.74 bits per heavy atom. The van der Waals surface area contributed by atoms with Crippen molar-refractivity contribution in [1.82, 2.24) is 10.3 Å². The van der Waals surface area contributed by atoms with E-state index in [9.17, 15) is 4.79 Å². The first-order valence-electron chi connectivity index (χ1n) is 7.92. The Labute approximate surface area is 137 Å². The van der Waals surface area contributed by atoms with E-state index in [-0.39, 0.29) is 5.91 Å². The molecular weight excluding hydrogens is 288 g/mol. The number of nitrogen functional groups attached to an aromatic ring is 1. The Morgan fingerprint density at radius 1 is 1.17 bits per heavy atom. The predicted octanol–water partition coefficient (Wildman–Crippen LogP) is 2.52. The molecule has 2 aromatic rings. The van der Waals surface area contributed by atoms with Gasteiger partial charge in [0, 0.05) is 31.4 Å². The molecule has 1 heterocycles. The average molecular weight is 312 g/mol. The average Bonchev–Trinajstić information content (AvgIpc) is 2.55. The van der Waals surface area contributed by atoms with Gasteiger partial charge in [-0.2, -0.15) is 0 Å². The highest BCUT2D eigenvalue weighted by atomic mass is 16.1. The van der Waals surface area contributed by atoms with E-state index in [2.05, 4.69) is 15.6 Å². The van der Waals surface area contributed by atoms with E-state index in [1.165, 1.54) is 0 Å². The molecule has 0 aliphatic heterocycles. The molecule has 5 heteroatoms. The van der Waals surface area contributed by atoms with Gasteiger partial charge in [-0.1, -0.05) is 24.3 Å². The van der Waals surface area contributed by atoms with Crippen molar-refractivity contribution in [3.8, 4) is 0 Å². The predicted molar refractivity (Wildman–Crippen MR) is 94.3 cm³/mol. The number of aryl methyl sites for hydroxylation is 2. The number of rotatable bonds is 8. The summed E-state index contributed by atoms with van der Waals surface area (Å²) in [5.74, 6) is 0.920. The first-order chi connectivity index (χ1) is 11.1. The fourth-order valence-corrected chi connectivity index (χ4v) is 2.20. The zero-order valence-corrected chi connectivity index (χ0v) is 13.5. The van der Waals surface area contributed by atoms with Crippen LogP contribution in [0.25, 0.3) is 0 Å². The summed E-state index contributed by atoms with van der Waals surface area (Å²) in [4.78, 5) is 16.1. The summed E-state index contributed by atoms with van der Waals surface area (Å²) in [6.45, 7) is 3.44. The third-order valence-electron chi connectivity index (χ3n) is 3.57. The zero-order valence-electron chi connectivity index (χ0n) is 13.5. The molecule has 2 rings (SSSR count). The number of nitrogens with one attached hydrogen (secondary N) is 2. The second-order valence-corrected chi connectivity index (χ2v) is 5.55. The Morgan fingerprint density at radius 2 is 2.00 bits per heavy atom. The van der Waals surface area contributed by atoms with E-state index in [0.29, 0.717) is 19.4 Å². The lowest BCUT2D eigenvalue weighted by Crippen LogP contribution is -2.26. The maximum Gasteiger partial charge on any atom is 0.220 e. The standard InChI is InChI=1S/C18H24N4O/c1-14-7-9-17(22-13-14)20-11-4-12-21-18(23)10-8-15-5-2-3-6-16(15)19/h2-3,5-7,9,13H,4,8,10-12,19H2,1H3,(H,20,22)(H,21,23). The number of aromatic nitrogens is 1. The highest BCUT2D eigenvalue weighted by Gasteiger charge is 2.03. The summed E-state index contributed by atoms with van der Waals surface area (Å²) >= 11 is 0. The molecule has 0 atom stereocenters. The molecule has 4 N–H and O–H groups in total. The third kappa shape index (κ3) is 5.98. The van der Waals surface area contributed by atoms with Gasteiger partial charge in [-0.15, -0.1) is 0 Å². The summed E-state index contributed by atoms with van der Waals surface area (Å²) in [6, 6.07) is 11.6. The molecule has 0 aliphatic rings. The van der Waals surface area contributed by atoms with Gasteiger partial charge in [0.2, 0.25) is 5.91 Å². The van der Waals surface area contributed by atoms with Gasteiger partial charge in [-0.25, -0.2) is 4.98 Å². The summed E-state index contributed by atoms with van der Waals surface area (Å²) in [6.07, 6.45) is 3.82. The number of anilines is 2. The topological polar surface area (TPSA) is 80.0 Å². The van der Waals surface area contributed by atoms with Crippen molar-refractivity contribution in [3.63, 3.8) is 0 Å². The van der Waals surface area contributed by atoms with Crippen LogP contribution in [0, 0.1) is 6.92 Å². The first-order valence-corrected chi connectivity index (χ1v) is 7.92. The number of pyridine rings is 1. The van der Waals surface area contributed by atoms with Gasteiger partial charge in [0.1, 0.15) is 5.82 Å². The van der Waals surface area contributed by atoms with Crippen LogP contribution in [0.3, 0.4) is 0 Å². The summed E-state index contributed by atoms with van der Waals surface area (Å²) in [5, 5.41) is 6.16. The van der Waals surface area contributed by atoms with Gasteiger partial charge in [-0.05, 0) is 43.0 Å². The SMILES string of the molecule is Cc1ccc(NCCCNC(=O)CCc2ccccc2N)nc1. The van der Waals surface area contributed by atoms with Gasteiger partial charge in [0.25, 0.3) is 0 Å². The van der Waals surface area contributed by atoms with Crippen molar-refractivity contribution in [1.29, 1.82) is 0 Å². The molecule has 0 radical (unpaired) electrons. The normalized spacial score (nSPS) is 10.3. The maximum absolute atomic E-state index is 11.8. The van der Waals surface area contributed by atoms with Gasteiger partial charge in [-0.3, -0.25) is 4.79 Å². The molecule has 0 spiro atoms. The molecule has 0 fully saturated rings. The number of hydrogen-bond acceptors (Lipinski definition) is 4. The number of carbonyl (C=O) groups excluding carboxylic acids is 1. The molecule has 122 valence electrons. The van der Waals surface area contributed by atoms with Crippen LogP contribution < -0.4 is 16.4 Å². The number of amides is 1. The van der Waals surface area contributed by atoms with Crippen LogP contribution in [0.4, 0.5) is 11.5 Å². The lowest BCUT2D eigenvalue weighted by Gasteiger charge is -2.08. The Balaban J connectivity index is 1.58. The van der Waals surface area contributed by atoms with Crippen LogP contribution in [0.15, 0.2) is 42.6 Å². The maximum atomic E-state index is 11.8. The van der Waals surface area contributed by atoms with Crippen molar-refractivity contribution >= 4 is 17.4 Å². The second kappa shape index (κ2) is 8.78. The van der Waals surface area contributed by atoms with Crippen LogP contribution in [0.5, 0.6) is 0 Å². The van der Waals surface area contributed by atoms with Gasteiger partial charge in [0.15, 0.2) is 0 Å². The van der Waals surface area contributed by atoms with E-state index in [1.54, 1.807) is 0 Å². The molecule has 5 nitrogen and oxygen atoms in total. The molecular formula is C18H24N4O. The fourth-order valence-electron chi connectivity index (χ4n) is 2.20. The van der Waals surface area contributed by atoms with Gasteiger partial charge < -0.3 is 16.4 Å². The quantitative estimate of drug-likeness (QED) is 0.517. The lowest BCUT2D eigenvalue weighted by molar-refractivity contribution is -0.121. The second-order valence-electron chi connectivity index (χ2n) is 5.55. The van der Waals surface area contributed by atoms with Gasteiger partial charge >= 0.3 is 0 Å².